The summed E-state index contributed by atoms with van der Waals surface area (Å²) in [5, 5.41) is 23.2. The largest absolute Gasteiger partial charge is 0.481 e. The van der Waals surface area contributed by atoms with Gasteiger partial charge in [-0.15, -0.1) is 0 Å². The summed E-state index contributed by atoms with van der Waals surface area (Å²) >= 11 is 0. The lowest BCUT2D eigenvalue weighted by atomic mass is 10.1. The van der Waals surface area contributed by atoms with Gasteiger partial charge in [0.25, 0.3) is 21.6 Å². The van der Waals surface area contributed by atoms with Crippen LogP contribution in [0.1, 0.15) is 28.9 Å². The average Bonchev–Trinajstić information content (AvgIpc) is 2.85. The summed E-state index contributed by atoms with van der Waals surface area (Å²) in [6, 6.07) is 4.86. The Kier molecular flexibility index (Phi) is 10.8. The van der Waals surface area contributed by atoms with E-state index in [-0.39, 0.29) is 54.4 Å². The molecule has 1 amide bonds. The minimum Gasteiger partial charge on any atom is -0.481 e. The standard InChI is InChI=1S/C19H19N7O6.C2H7NO3S/c20-19-25-15-14(17(30)26-19)23-11(8-22-15)7-21-10-3-1-9(2-4-10)16(29)24-12(18(31)32)5-6-13(27)28;3-1-2-7(4,5)6/h1-4,8,12,21H,5-7H2,(H,24,29)(H,27,28)(H,31,32)(H3,20,22,25,26,30);1-3H2,(H,4,5,6). The number of fused-ring (bicyclic) bond motifs is 1. The lowest BCUT2D eigenvalue weighted by molar-refractivity contribution is -0.140. The van der Waals surface area contributed by atoms with Gasteiger partial charge in [0.2, 0.25) is 5.95 Å². The Hall–Kier alpha value is -4.68. The predicted molar refractivity (Wildman–Crippen MR) is 137 cm³/mol. The van der Waals surface area contributed by atoms with Gasteiger partial charge in [-0.05, 0) is 30.7 Å². The fourth-order valence-corrected chi connectivity index (χ4v) is 3.20. The number of nitrogens with zero attached hydrogens (tertiary/aromatic N) is 3. The molecule has 0 fully saturated rings. The molecular formula is C21H26N8O9S. The zero-order chi connectivity index (χ0) is 29.2. The van der Waals surface area contributed by atoms with Crippen molar-refractivity contribution in [2.75, 3.05) is 23.3 Å². The maximum absolute atomic E-state index is 12.3. The second kappa shape index (κ2) is 13.7. The summed E-state index contributed by atoms with van der Waals surface area (Å²) in [6.45, 7) is 0.202. The van der Waals surface area contributed by atoms with Crippen LogP contribution < -0.4 is 27.7 Å². The fraction of sp³-hybridized carbons (Fsp3) is 0.286. The topological polar surface area (TPSA) is 294 Å². The maximum atomic E-state index is 12.3. The Morgan fingerprint density at radius 2 is 1.77 bits per heavy atom. The minimum atomic E-state index is -3.80. The smallest absolute Gasteiger partial charge is 0.326 e. The first-order valence-electron chi connectivity index (χ1n) is 11.0. The highest BCUT2D eigenvalue weighted by Crippen LogP contribution is 2.12. The second-order valence-electron chi connectivity index (χ2n) is 7.79. The number of aromatic amines is 1. The van der Waals surface area contributed by atoms with E-state index in [1.165, 1.54) is 18.3 Å². The van der Waals surface area contributed by atoms with Gasteiger partial charge in [0.1, 0.15) is 6.04 Å². The van der Waals surface area contributed by atoms with Gasteiger partial charge >= 0.3 is 11.9 Å². The van der Waals surface area contributed by atoms with E-state index in [4.69, 9.17) is 26.2 Å². The molecule has 0 saturated heterocycles. The number of carboxylic acid groups (broad SMARTS) is 2. The number of carbonyl (C=O) groups is 3. The first-order valence-corrected chi connectivity index (χ1v) is 12.7. The Balaban J connectivity index is 0.000000673. The molecule has 1 unspecified atom stereocenters. The highest BCUT2D eigenvalue weighted by atomic mass is 32.2. The number of hydrogen-bond acceptors (Lipinski definition) is 12. The lowest BCUT2D eigenvalue weighted by Gasteiger charge is -2.14. The van der Waals surface area contributed by atoms with Crippen molar-refractivity contribution in [1.29, 1.82) is 0 Å². The molecule has 0 aliphatic rings. The van der Waals surface area contributed by atoms with Crippen molar-refractivity contribution >= 4 is 50.8 Å². The number of hydrogen-bond donors (Lipinski definition) is 8. The van der Waals surface area contributed by atoms with Crippen LogP contribution in [0.25, 0.3) is 11.2 Å². The Bertz CT molecular complexity index is 1490. The van der Waals surface area contributed by atoms with E-state index in [0.717, 1.165) is 0 Å². The number of nitrogens with one attached hydrogen (secondary N) is 3. The Morgan fingerprint density at radius 3 is 2.31 bits per heavy atom. The number of rotatable bonds is 11. The van der Waals surface area contributed by atoms with Crippen molar-refractivity contribution in [2.45, 2.75) is 25.4 Å². The SMILES string of the molecule is NCCS(=O)(=O)O.Nc1nc2ncc(CNc3ccc(C(=O)NC(CCC(=O)O)C(=O)O)cc3)nc2c(=O)[nH]1. The predicted octanol–water partition coefficient (Wildman–Crippen LogP) is -1.21. The second-order valence-corrected chi connectivity index (χ2v) is 9.36. The summed E-state index contributed by atoms with van der Waals surface area (Å²) in [7, 11) is -3.80. The summed E-state index contributed by atoms with van der Waals surface area (Å²) in [6.07, 6.45) is 0.840. The van der Waals surface area contributed by atoms with Crippen LogP contribution in [0.5, 0.6) is 0 Å². The lowest BCUT2D eigenvalue weighted by Crippen LogP contribution is -2.41. The number of carboxylic acids is 2. The van der Waals surface area contributed by atoms with Crippen molar-refractivity contribution in [1.82, 2.24) is 25.3 Å². The van der Waals surface area contributed by atoms with E-state index in [1.54, 1.807) is 12.1 Å². The third-order valence-electron chi connectivity index (χ3n) is 4.73. The fourth-order valence-electron chi connectivity index (χ4n) is 2.90. The minimum absolute atomic E-state index is 0.0289. The molecule has 0 aliphatic carbocycles. The van der Waals surface area contributed by atoms with Gasteiger partial charge < -0.3 is 32.3 Å². The molecule has 17 nitrogen and oxygen atoms in total. The molecule has 1 atom stereocenters. The van der Waals surface area contributed by atoms with E-state index in [1.807, 2.05) is 0 Å². The van der Waals surface area contributed by atoms with Crippen molar-refractivity contribution in [3.8, 4) is 0 Å². The molecule has 2 heterocycles. The molecule has 10 N–H and O–H groups in total. The molecule has 0 spiro atoms. The summed E-state index contributed by atoms with van der Waals surface area (Å²) in [5.74, 6) is -3.51. The van der Waals surface area contributed by atoms with Gasteiger partial charge in [-0.3, -0.25) is 23.9 Å². The van der Waals surface area contributed by atoms with E-state index in [0.29, 0.717) is 11.4 Å². The van der Waals surface area contributed by atoms with Gasteiger partial charge in [-0.1, -0.05) is 0 Å². The van der Waals surface area contributed by atoms with Crippen molar-refractivity contribution < 1.29 is 37.6 Å². The Morgan fingerprint density at radius 1 is 1.10 bits per heavy atom. The van der Waals surface area contributed by atoms with Crippen LogP contribution in [-0.4, -0.2) is 79.3 Å². The van der Waals surface area contributed by atoms with Gasteiger partial charge in [-0.25, -0.2) is 14.8 Å². The third kappa shape index (κ3) is 10.3. The molecule has 210 valence electrons. The van der Waals surface area contributed by atoms with Crippen molar-refractivity contribution in [3.63, 3.8) is 0 Å². The first kappa shape index (κ1) is 30.5. The van der Waals surface area contributed by atoms with Gasteiger partial charge in [0, 0.05) is 24.2 Å². The first-order chi connectivity index (χ1) is 18.3. The molecule has 0 bridgehead atoms. The van der Waals surface area contributed by atoms with Crippen LogP contribution in [0, 0.1) is 0 Å². The summed E-state index contributed by atoms with van der Waals surface area (Å²) < 4.78 is 27.3. The van der Waals surface area contributed by atoms with Gasteiger partial charge in [0.05, 0.1) is 24.2 Å². The van der Waals surface area contributed by atoms with Gasteiger partial charge in [-0.2, -0.15) is 13.4 Å². The zero-order valence-corrected chi connectivity index (χ0v) is 21.0. The molecule has 1 aromatic carbocycles. The van der Waals surface area contributed by atoms with E-state index >= 15 is 0 Å². The number of nitrogens with two attached hydrogens (primary N) is 2. The number of aromatic nitrogens is 4. The van der Waals surface area contributed by atoms with Crippen LogP contribution in [0.4, 0.5) is 11.6 Å². The number of carbonyl (C=O) groups excluding carboxylic acids is 1. The number of H-pyrrole nitrogens is 1. The van der Waals surface area contributed by atoms with Crippen molar-refractivity contribution in [2.24, 2.45) is 5.73 Å². The molecule has 0 aliphatic heterocycles. The van der Waals surface area contributed by atoms with Crippen LogP contribution in [-0.2, 0) is 26.3 Å². The molecule has 0 saturated carbocycles. The zero-order valence-electron chi connectivity index (χ0n) is 20.2. The molecule has 3 rings (SSSR count). The molecule has 3 aromatic rings. The highest BCUT2D eigenvalue weighted by molar-refractivity contribution is 7.85. The van der Waals surface area contributed by atoms with Crippen LogP contribution in [0.15, 0.2) is 35.3 Å². The normalized spacial score (nSPS) is 11.6. The number of aliphatic carboxylic acids is 2. The third-order valence-corrected chi connectivity index (χ3v) is 5.48. The van der Waals surface area contributed by atoms with E-state index in [2.05, 4.69) is 30.6 Å². The summed E-state index contributed by atoms with van der Waals surface area (Å²) in [4.78, 5) is 60.6. The monoisotopic (exact) mass is 566 g/mol. The van der Waals surface area contributed by atoms with E-state index < -0.39 is 39.6 Å². The Labute approximate surface area is 220 Å². The van der Waals surface area contributed by atoms with Crippen molar-refractivity contribution in [3.05, 3.63) is 52.1 Å². The van der Waals surface area contributed by atoms with E-state index in [9.17, 15) is 27.6 Å². The molecule has 2 aromatic heterocycles. The quantitative estimate of drug-likeness (QED) is 0.126. The van der Waals surface area contributed by atoms with Crippen LogP contribution >= 0.6 is 0 Å². The van der Waals surface area contributed by atoms with Crippen LogP contribution in [0.2, 0.25) is 0 Å². The number of benzene rings is 1. The highest BCUT2D eigenvalue weighted by Gasteiger charge is 2.21. The molecular weight excluding hydrogens is 540 g/mol. The summed E-state index contributed by atoms with van der Waals surface area (Å²) in [5.41, 5.74) is 11.2. The number of amides is 1. The molecule has 39 heavy (non-hydrogen) atoms. The average molecular weight is 567 g/mol. The molecule has 0 radical (unpaired) electrons. The number of nitrogen functional groups attached to an aromatic ring is 1. The molecule has 18 heteroatoms. The van der Waals surface area contributed by atoms with Crippen LogP contribution in [0.3, 0.4) is 0 Å². The number of anilines is 2. The maximum Gasteiger partial charge on any atom is 0.326 e. The van der Waals surface area contributed by atoms with Gasteiger partial charge in [0.15, 0.2) is 11.2 Å².